The molecule has 0 saturated carbocycles. The maximum atomic E-state index is 11.4. The summed E-state index contributed by atoms with van der Waals surface area (Å²) in [4.78, 5) is 42.7. The summed E-state index contributed by atoms with van der Waals surface area (Å²) in [5.74, 6) is 0.0724. The van der Waals surface area contributed by atoms with Crippen molar-refractivity contribution in [3.05, 3.63) is 68.8 Å². The van der Waals surface area contributed by atoms with Crippen molar-refractivity contribution in [1.29, 1.82) is 0 Å². The standard InChI is InChI=1S/C16H12N2O10/c19-15(27-13-5-1-11(2-6-13)17(21)22)25-9-10-26-16(20)28-14-7-3-12(4-8-14)18(23)24/h1-8H,9-10H2. The SMILES string of the molecule is O=C(OCCOC(=O)Oc1ccc([N+](=O)[O-])cc1)Oc1ccc([N+](=O)[O-])cc1. The monoisotopic (exact) mass is 392 g/mol. The van der Waals surface area contributed by atoms with Gasteiger partial charge in [0.2, 0.25) is 0 Å². The van der Waals surface area contributed by atoms with E-state index in [1.165, 1.54) is 24.3 Å². The first-order chi connectivity index (χ1) is 13.3. The van der Waals surface area contributed by atoms with Gasteiger partial charge >= 0.3 is 12.3 Å². The second-order valence-electron chi connectivity index (χ2n) is 4.90. The third kappa shape index (κ3) is 6.25. The van der Waals surface area contributed by atoms with Gasteiger partial charge in [-0.05, 0) is 24.3 Å². The number of benzene rings is 2. The van der Waals surface area contributed by atoms with Crippen molar-refractivity contribution < 1.29 is 38.4 Å². The van der Waals surface area contributed by atoms with Crippen LogP contribution < -0.4 is 9.47 Å². The normalized spacial score (nSPS) is 9.86. The first-order valence-corrected chi connectivity index (χ1v) is 7.53. The van der Waals surface area contributed by atoms with E-state index >= 15 is 0 Å². The highest BCUT2D eigenvalue weighted by molar-refractivity contribution is 5.65. The van der Waals surface area contributed by atoms with Crippen molar-refractivity contribution >= 4 is 23.7 Å². The van der Waals surface area contributed by atoms with Gasteiger partial charge in [-0.3, -0.25) is 20.2 Å². The number of ether oxygens (including phenoxy) is 4. The molecule has 2 aromatic rings. The van der Waals surface area contributed by atoms with Gasteiger partial charge in [0, 0.05) is 24.3 Å². The van der Waals surface area contributed by atoms with Crippen LogP contribution in [0.25, 0.3) is 0 Å². The minimum Gasteiger partial charge on any atom is -0.430 e. The predicted molar refractivity (Wildman–Crippen MR) is 90.1 cm³/mol. The fourth-order valence-electron chi connectivity index (χ4n) is 1.77. The minimum absolute atomic E-state index is 0.0362. The van der Waals surface area contributed by atoms with Crippen LogP contribution in [0.4, 0.5) is 21.0 Å². The molecular weight excluding hydrogens is 380 g/mol. The maximum Gasteiger partial charge on any atom is 0.513 e. The van der Waals surface area contributed by atoms with Gasteiger partial charge in [0.25, 0.3) is 11.4 Å². The van der Waals surface area contributed by atoms with Gasteiger partial charge in [0.05, 0.1) is 9.85 Å². The molecule has 0 amide bonds. The summed E-state index contributed by atoms with van der Waals surface area (Å²) in [5.41, 5.74) is -0.332. The number of carbonyl (C=O) groups is 2. The number of rotatable bonds is 7. The van der Waals surface area contributed by atoms with Gasteiger partial charge in [-0.2, -0.15) is 0 Å². The zero-order valence-corrected chi connectivity index (χ0v) is 14.0. The Labute approximate surface area is 156 Å². The predicted octanol–water partition coefficient (Wildman–Crippen LogP) is 3.23. The molecule has 0 aliphatic heterocycles. The Morgan fingerprint density at radius 3 is 1.29 bits per heavy atom. The molecule has 0 N–H and O–H groups in total. The third-order valence-corrected chi connectivity index (χ3v) is 3.02. The highest BCUT2D eigenvalue weighted by Crippen LogP contribution is 2.18. The van der Waals surface area contributed by atoms with Crippen molar-refractivity contribution in [2.45, 2.75) is 0 Å². The fourth-order valence-corrected chi connectivity index (χ4v) is 1.77. The highest BCUT2D eigenvalue weighted by atomic mass is 16.7. The summed E-state index contributed by atoms with van der Waals surface area (Å²) in [6, 6.07) is 9.49. The van der Waals surface area contributed by atoms with Crippen LogP contribution >= 0.6 is 0 Å². The van der Waals surface area contributed by atoms with Crippen molar-refractivity contribution in [1.82, 2.24) is 0 Å². The van der Waals surface area contributed by atoms with E-state index in [0.29, 0.717) is 0 Å². The summed E-state index contributed by atoms with van der Waals surface area (Å²) >= 11 is 0. The molecule has 0 saturated heterocycles. The van der Waals surface area contributed by atoms with Crippen LogP contribution in [0.3, 0.4) is 0 Å². The molecule has 0 aliphatic carbocycles. The summed E-state index contributed by atoms with van der Waals surface area (Å²) in [6.07, 6.45) is -2.19. The Bertz CT molecular complexity index is 790. The molecular formula is C16H12N2O10. The second-order valence-corrected chi connectivity index (χ2v) is 4.90. The first kappa shape index (κ1) is 20.1. The quantitative estimate of drug-likeness (QED) is 0.225. The molecule has 0 heterocycles. The van der Waals surface area contributed by atoms with Crippen LogP contribution in [0, 0.1) is 20.2 Å². The number of non-ortho nitro benzene ring substituents is 2. The van der Waals surface area contributed by atoms with E-state index < -0.39 is 22.2 Å². The number of hydrogen-bond acceptors (Lipinski definition) is 10. The van der Waals surface area contributed by atoms with Gasteiger partial charge in [0.15, 0.2) is 0 Å². The molecule has 0 unspecified atom stereocenters. The van der Waals surface area contributed by atoms with Crippen molar-refractivity contribution in [2.24, 2.45) is 0 Å². The van der Waals surface area contributed by atoms with Crippen LogP contribution in [0.2, 0.25) is 0 Å². The lowest BCUT2D eigenvalue weighted by molar-refractivity contribution is -0.385. The molecule has 0 bridgehead atoms. The molecule has 0 radical (unpaired) electrons. The van der Waals surface area contributed by atoms with Crippen LogP contribution in [0.1, 0.15) is 0 Å². The van der Waals surface area contributed by atoms with Crippen molar-refractivity contribution in [3.63, 3.8) is 0 Å². The number of nitrogens with zero attached hydrogens (tertiary/aromatic N) is 2. The van der Waals surface area contributed by atoms with Gasteiger partial charge in [0.1, 0.15) is 24.7 Å². The topological polar surface area (TPSA) is 157 Å². The molecule has 2 rings (SSSR count). The lowest BCUT2D eigenvalue weighted by Crippen LogP contribution is -2.18. The van der Waals surface area contributed by atoms with E-state index in [4.69, 9.17) is 9.47 Å². The largest absolute Gasteiger partial charge is 0.513 e. The molecule has 0 aromatic heterocycles. The summed E-state index contributed by atoms with van der Waals surface area (Å²) < 4.78 is 18.9. The van der Waals surface area contributed by atoms with Crippen molar-refractivity contribution in [3.8, 4) is 11.5 Å². The summed E-state index contributed by atoms with van der Waals surface area (Å²) in [7, 11) is 0. The number of hydrogen-bond donors (Lipinski definition) is 0. The Balaban J connectivity index is 1.67. The summed E-state index contributed by atoms with van der Waals surface area (Å²) in [6.45, 7) is -0.664. The molecule has 146 valence electrons. The van der Waals surface area contributed by atoms with Crippen LogP contribution in [-0.4, -0.2) is 35.4 Å². The van der Waals surface area contributed by atoms with Crippen LogP contribution in [0.5, 0.6) is 11.5 Å². The van der Waals surface area contributed by atoms with E-state index in [0.717, 1.165) is 24.3 Å². The molecule has 0 aliphatic rings. The Kier molecular flexibility index (Phi) is 6.80. The van der Waals surface area contributed by atoms with Gasteiger partial charge in [-0.15, -0.1) is 0 Å². The Morgan fingerprint density at radius 1 is 0.679 bits per heavy atom. The zero-order chi connectivity index (χ0) is 20.5. The lowest BCUT2D eigenvalue weighted by atomic mass is 10.3. The molecule has 0 spiro atoms. The fraction of sp³-hybridized carbons (Fsp3) is 0.125. The van der Waals surface area contributed by atoms with Gasteiger partial charge in [-0.1, -0.05) is 0 Å². The van der Waals surface area contributed by atoms with Gasteiger partial charge in [-0.25, -0.2) is 9.59 Å². The molecule has 12 nitrogen and oxygen atoms in total. The number of nitro benzene ring substituents is 2. The molecule has 0 fully saturated rings. The number of carbonyl (C=O) groups excluding carboxylic acids is 2. The van der Waals surface area contributed by atoms with E-state index in [2.05, 4.69) is 9.47 Å². The molecule has 0 atom stereocenters. The Hall–Kier alpha value is -4.22. The summed E-state index contributed by atoms with van der Waals surface area (Å²) in [5, 5.41) is 21.0. The molecule has 28 heavy (non-hydrogen) atoms. The third-order valence-electron chi connectivity index (χ3n) is 3.02. The van der Waals surface area contributed by atoms with Gasteiger partial charge < -0.3 is 18.9 Å². The maximum absolute atomic E-state index is 11.4. The van der Waals surface area contributed by atoms with E-state index in [1.54, 1.807) is 0 Å². The highest BCUT2D eigenvalue weighted by Gasteiger charge is 2.11. The smallest absolute Gasteiger partial charge is 0.430 e. The Morgan fingerprint density at radius 2 is 1.00 bits per heavy atom. The average Bonchev–Trinajstić information content (AvgIpc) is 2.66. The van der Waals surface area contributed by atoms with Crippen LogP contribution in [0.15, 0.2) is 48.5 Å². The number of nitro groups is 2. The molecule has 12 heteroatoms. The van der Waals surface area contributed by atoms with Crippen molar-refractivity contribution in [2.75, 3.05) is 13.2 Å². The minimum atomic E-state index is -1.10. The van der Waals surface area contributed by atoms with E-state index in [1.807, 2.05) is 0 Å². The van der Waals surface area contributed by atoms with E-state index in [9.17, 15) is 29.8 Å². The van der Waals surface area contributed by atoms with E-state index in [-0.39, 0.29) is 36.1 Å². The van der Waals surface area contributed by atoms with Crippen LogP contribution in [-0.2, 0) is 9.47 Å². The molecule has 2 aromatic carbocycles. The average molecular weight is 392 g/mol. The first-order valence-electron chi connectivity index (χ1n) is 7.53. The zero-order valence-electron chi connectivity index (χ0n) is 14.0. The second kappa shape index (κ2) is 9.47. The lowest BCUT2D eigenvalue weighted by Gasteiger charge is -2.07.